The van der Waals surface area contributed by atoms with Crippen molar-refractivity contribution in [3.05, 3.63) is 57.4 Å². The zero-order valence-electron chi connectivity index (χ0n) is 22.0. The Hall–Kier alpha value is -3.93. The maximum absolute atomic E-state index is 15.5. The summed E-state index contributed by atoms with van der Waals surface area (Å²) in [5.41, 5.74) is 4.97. The van der Waals surface area contributed by atoms with E-state index in [1.807, 2.05) is 6.92 Å². The van der Waals surface area contributed by atoms with Crippen LogP contribution in [0.5, 0.6) is 0 Å². The minimum absolute atomic E-state index is 0.00482. The average Bonchev–Trinajstić information content (AvgIpc) is 2.85. The van der Waals surface area contributed by atoms with E-state index in [4.69, 9.17) is 23.1 Å². The lowest BCUT2D eigenvalue weighted by Crippen LogP contribution is -2.59. The predicted molar refractivity (Wildman–Crippen MR) is 145 cm³/mol. The summed E-state index contributed by atoms with van der Waals surface area (Å²) < 4.78 is 41.5. The van der Waals surface area contributed by atoms with E-state index in [2.05, 4.69) is 5.32 Å². The van der Waals surface area contributed by atoms with Gasteiger partial charge in [0.2, 0.25) is 5.43 Å². The van der Waals surface area contributed by atoms with Crippen LogP contribution in [0.25, 0.3) is 16.6 Å². The normalized spacial score (nSPS) is 13.4. The minimum atomic E-state index is -0.926. The number of ether oxygens (including phenoxy) is 2. The number of rotatable bonds is 9. The predicted octanol–water partition coefficient (Wildman–Crippen LogP) is 2.07. The van der Waals surface area contributed by atoms with Gasteiger partial charge in [0.15, 0.2) is 0 Å². The molecule has 3 N–H and O–H groups in total. The summed E-state index contributed by atoms with van der Waals surface area (Å²) in [5, 5.41) is 3.18. The van der Waals surface area contributed by atoms with Crippen molar-refractivity contribution in [1.82, 2.24) is 9.88 Å². The van der Waals surface area contributed by atoms with Crippen LogP contribution in [0.1, 0.15) is 43.1 Å². The first-order valence-electron chi connectivity index (χ1n) is 12.6. The van der Waals surface area contributed by atoms with Crippen molar-refractivity contribution in [1.29, 1.82) is 0 Å². The Kier molecular flexibility index (Phi) is 8.24. The Labute approximate surface area is 225 Å². The molecule has 1 aliphatic rings. The molecule has 0 saturated carbocycles. The summed E-state index contributed by atoms with van der Waals surface area (Å²) in [6.45, 7) is 6.30. The van der Waals surface area contributed by atoms with Crippen molar-refractivity contribution in [2.75, 3.05) is 36.9 Å². The number of carbonyl (C=O) groups excluding carboxylic acids is 2. The molecule has 1 fully saturated rings. The molecule has 1 saturated heterocycles. The fourth-order valence-corrected chi connectivity index (χ4v) is 4.62. The third-order valence-corrected chi connectivity index (χ3v) is 6.52. The minimum Gasteiger partial charge on any atom is -0.462 e. The van der Waals surface area contributed by atoms with E-state index in [1.165, 1.54) is 23.8 Å². The molecule has 1 aromatic heterocycles. The lowest BCUT2D eigenvalue weighted by atomic mass is 9.87. The molecule has 0 unspecified atom stereocenters. The molecular formula is C27H29BF2N4O5. The molecule has 2 aromatic carbocycles. The topological polar surface area (TPSA) is 116 Å². The monoisotopic (exact) mass is 538 g/mol. The number of anilines is 2. The van der Waals surface area contributed by atoms with Gasteiger partial charge in [-0.1, -0.05) is 6.92 Å². The van der Waals surface area contributed by atoms with Crippen LogP contribution in [0.3, 0.4) is 0 Å². The van der Waals surface area contributed by atoms with Crippen LogP contribution >= 0.6 is 0 Å². The van der Waals surface area contributed by atoms with Crippen molar-refractivity contribution in [3.63, 3.8) is 0 Å². The quantitative estimate of drug-likeness (QED) is 0.242. The smallest absolute Gasteiger partial charge is 0.343 e. The molecule has 2 radical (unpaired) electrons. The van der Waals surface area contributed by atoms with Crippen LogP contribution in [0.4, 0.5) is 20.2 Å². The molecule has 12 heteroatoms. The van der Waals surface area contributed by atoms with Gasteiger partial charge in [-0.05, 0) is 43.6 Å². The first-order chi connectivity index (χ1) is 18.6. The highest BCUT2D eigenvalue weighted by Crippen LogP contribution is 2.30. The number of benzene rings is 2. The molecule has 2 heterocycles. The molecule has 39 heavy (non-hydrogen) atoms. The summed E-state index contributed by atoms with van der Waals surface area (Å²) in [4.78, 5) is 39.3. The summed E-state index contributed by atoms with van der Waals surface area (Å²) >= 11 is 0. The van der Waals surface area contributed by atoms with E-state index in [0.29, 0.717) is 13.1 Å². The Morgan fingerprint density at radius 2 is 1.87 bits per heavy atom. The maximum atomic E-state index is 15.5. The molecule has 3 aromatic rings. The number of aromatic nitrogens is 1. The van der Waals surface area contributed by atoms with Crippen molar-refractivity contribution in [3.8, 4) is 5.69 Å². The number of hydrogen-bond acceptors (Lipinski definition) is 8. The Morgan fingerprint density at radius 3 is 2.51 bits per heavy atom. The molecule has 1 aliphatic heterocycles. The first kappa shape index (κ1) is 28.1. The number of halogens is 2. The SMILES string of the molecule is [B]c1c(N2CC(NCCC)C2)c(F)cc2c(=O)c(C(=O)OCC)cn(-c3cc(N)c(F)cc3COC(C)=O)c12. The number of nitrogen functional groups attached to an aromatic ring is 1. The number of hydrogen-bond donors (Lipinski definition) is 2. The highest BCUT2D eigenvalue weighted by atomic mass is 19.1. The third kappa shape index (κ3) is 5.47. The number of nitrogens with zero attached hydrogens (tertiary/aromatic N) is 2. The van der Waals surface area contributed by atoms with Crippen LogP contribution in [0.2, 0.25) is 0 Å². The number of esters is 2. The van der Waals surface area contributed by atoms with Gasteiger partial charge in [-0.2, -0.15) is 0 Å². The van der Waals surface area contributed by atoms with E-state index in [9.17, 15) is 18.8 Å². The fraction of sp³-hybridized carbons (Fsp3) is 0.370. The van der Waals surface area contributed by atoms with Gasteiger partial charge >= 0.3 is 11.9 Å². The number of nitrogens with two attached hydrogens (primary N) is 1. The molecule has 4 rings (SSSR count). The van der Waals surface area contributed by atoms with Crippen molar-refractivity contribution in [2.24, 2.45) is 0 Å². The van der Waals surface area contributed by atoms with Crippen molar-refractivity contribution < 1.29 is 27.8 Å². The highest BCUT2D eigenvalue weighted by molar-refractivity contribution is 6.42. The Morgan fingerprint density at radius 1 is 1.15 bits per heavy atom. The first-order valence-corrected chi connectivity index (χ1v) is 12.6. The van der Waals surface area contributed by atoms with Crippen molar-refractivity contribution in [2.45, 2.75) is 39.8 Å². The largest absolute Gasteiger partial charge is 0.462 e. The Balaban J connectivity index is 1.99. The van der Waals surface area contributed by atoms with Gasteiger partial charge in [0, 0.05) is 43.2 Å². The molecule has 0 atom stereocenters. The third-order valence-electron chi connectivity index (χ3n) is 6.52. The van der Waals surface area contributed by atoms with Gasteiger partial charge in [-0.3, -0.25) is 9.59 Å². The second-order valence-electron chi connectivity index (χ2n) is 9.32. The number of pyridine rings is 1. The summed E-state index contributed by atoms with van der Waals surface area (Å²) in [5.74, 6) is -3.02. The van der Waals surface area contributed by atoms with Crippen LogP contribution < -0.4 is 26.8 Å². The van der Waals surface area contributed by atoms with E-state index in [-0.39, 0.29) is 63.8 Å². The highest BCUT2D eigenvalue weighted by Gasteiger charge is 2.31. The van der Waals surface area contributed by atoms with Gasteiger partial charge in [0.1, 0.15) is 31.7 Å². The van der Waals surface area contributed by atoms with Gasteiger partial charge in [-0.25, -0.2) is 13.6 Å². The van der Waals surface area contributed by atoms with Crippen LogP contribution in [-0.4, -0.2) is 56.6 Å². The Bertz CT molecular complexity index is 1500. The molecule has 204 valence electrons. The summed E-state index contributed by atoms with van der Waals surface area (Å²) in [7, 11) is 6.54. The molecule has 0 spiro atoms. The molecule has 9 nitrogen and oxygen atoms in total. The van der Waals surface area contributed by atoms with Crippen LogP contribution in [-0.2, 0) is 20.9 Å². The fourth-order valence-electron chi connectivity index (χ4n) is 4.62. The zero-order valence-corrected chi connectivity index (χ0v) is 22.0. The zero-order chi connectivity index (χ0) is 28.4. The summed E-state index contributed by atoms with van der Waals surface area (Å²) in [6.07, 6.45) is 2.15. The number of fused-ring (bicyclic) bond motifs is 1. The summed E-state index contributed by atoms with van der Waals surface area (Å²) in [6, 6.07) is 3.54. The average molecular weight is 538 g/mol. The maximum Gasteiger partial charge on any atom is 0.343 e. The van der Waals surface area contributed by atoms with Gasteiger partial charge in [0.05, 0.1) is 29.2 Å². The lowest BCUT2D eigenvalue weighted by molar-refractivity contribution is -0.142. The molecule has 0 bridgehead atoms. The van der Waals surface area contributed by atoms with E-state index in [1.54, 1.807) is 11.8 Å². The molecular weight excluding hydrogens is 509 g/mol. The van der Waals surface area contributed by atoms with Gasteiger partial charge < -0.3 is 30.0 Å². The van der Waals surface area contributed by atoms with Crippen LogP contribution in [0.15, 0.2) is 29.2 Å². The molecule has 0 amide bonds. The number of carbonyl (C=O) groups is 2. The van der Waals surface area contributed by atoms with E-state index in [0.717, 1.165) is 25.1 Å². The standard InChI is InChI=1S/C27H29BF2N4O5/c1-4-6-32-16-10-33(11-16)25-20(30)8-17-24(23(25)28)34(12-18(26(17)36)27(37)38-5-2)22-9-21(31)19(29)7-15(22)13-39-14(3)35/h7-9,12,16,32H,4-6,10-11,13,31H2,1-3H3. The second-order valence-corrected chi connectivity index (χ2v) is 9.32. The lowest BCUT2D eigenvalue weighted by Gasteiger charge is -2.42. The van der Waals surface area contributed by atoms with Crippen LogP contribution in [0, 0.1) is 11.6 Å². The number of nitrogens with one attached hydrogen (secondary N) is 1. The van der Waals surface area contributed by atoms with Crippen molar-refractivity contribution >= 4 is 47.5 Å². The van der Waals surface area contributed by atoms with E-state index < -0.39 is 29.0 Å². The van der Waals surface area contributed by atoms with Gasteiger partial charge in [0.25, 0.3) is 0 Å². The van der Waals surface area contributed by atoms with E-state index >= 15 is 4.39 Å². The van der Waals surface area contributed by atoms with Gasteiger partial charge in [-0.15, -0.1) is 0 Å². The molecule has 0 aliphatic carbocycles. The second kappa shape index (κ2) is 11.4.